The van der Waals surface area contributed by atoms with Crippen LogP contribution in [0.15, 0.2) is 30.5 Å². The maximum atomic E-state index is 12.8. The van der Waals surface area contributed by atoms with E-state index in [2.05, 4.69) is 44.8 Å². The molecule has 0 bridgehead atoms. The summed E-state index contributed by atoms with van der Waals surface area (Å²) in [6.45, 7) is 4.19. The number of carbonyl (C=O) groups is 1. The van der Waals surface area contributed by atoms with Crippen LogP contribution in [0, 0.1) is 5.92 Å². The van der Waals surface area contributed by atoms with E-state index >= 15 is 0 Å². The topological polar surface area (TPSA) is 37.7 Å². The fourth-order valence-corrected chi connectivity index (χ4v) is 7.15. The van der Waals surface area contributed by atoms with Crippen molar-refractivity contribution in [3.05, 3.63) is 30.5 Å². The third-order valence-electron chi connectivity index (χ3n) is 9.19. The molecule has 2 saturated carbocycles. The zero-order valence-electron chi connectivity index (χ0n) is 20.7. The van der Waals surface area contributed by atoms with Crippen LogP contribution in [0.25, 0.3) is 10.9 Å². The molecule has 4 aliphatic rings. The maximum absolute atomic E-state index is 12.8. The molecule has 0 N–H and O–H groups in total. The number of fused-ring (bicyclic) bond motifs is 1. The van der Waals surface area contributed by atoms with Gasteiger partial charge in [-0.2, -0.15) is 0 Å². The molecule has 5 heteroatoms. The highest BCUT2D eigenvalue weighted by Crippen LogP contribution is 2.33. The molecule has 2 aromatic rings. The van der Waals surface area contributed by atoms with E-state index in [9.17, 15) is 4.79 Å². The Balaban J connectivity index is 1.04. The van der Waals surface area contributed by atoms with Crippen LogP contribution >= 0.6 is 0 Å². The minimum Gasteiger partial charge on any atom is -0.490 e. The minimum atomic E-state index is 0.303. The van der Waals surface area contributed by atoms with Gasteiger partial charge in [-0.25, -0.2) is 0 Å². The number of piperidine rings is 2. The molecule has 2 aliphatic carbocycles. The zero-order valence-corrected chi connectivity index (χ0v) is 20.7. The van der Waals surface area contributed by atoms with Gasteiger partial charge in [0.2, 0.25) is 5.91 Å². The van der Waals surface area contributed by atoms with E-state index in [4.69, 9.17) is 4.74 Å². The summed E-state index contributed by atoms with van der Waals surface area (Å²) < 4.78 is 8.88. The van der Waals surface area contributed by atoms with Gasteiger partial charge in [0.1, 0.15) is 11.9 Å². The van der Waals surface area contributed by atoms with E-state index in [1.54, 1.807) is 0 Å². The first-order valence-electron chi connectivity index (χ1n) is 14.0. The number of benzene rings is 1. The average Bonchev–Trinajstić information content (AvgIpc) is 3.66. The van der Waals surface area contributed by atoms with Gasteiger partial charge in [0.15, 0.2) is 0 Å². The van der Waals surface area contributed by atoms with Crippen LogP contribution in [0.1, 0.15) is 83.1 Å². The fraction of sp³-hybridized carbons (Fsp3) is 0.690. The van der Waals surface area contributed by atoms with Crippen LogP contribution in [-0.2, 0) is 4.79 Å². The summed E-state index contributed by atoms with van der Waals surface area (Å²) in [5, 5.41) is 1.27. The van der Waals surface area contributed by atoms with Crippen molar-refractivity contribution in [1.82, 2.24) is 14.4 Å². The van der Waals surface area contributed by atoms with E-state index in [1.165, 1.54) is 62.5 Å². The first-order chi connectivity index (χ1) is 16.7. The predicted octanol–water partition coefficient (Wildman–Crippen LogP) is 5.78. The number of hydrogen-bond donors (Lipinski definition) is 0. The zero-order chi connectivity index (χ0) is 22.9. The summed E-state index contributed by atoms with van der Waals surface area (Å²) in [6, 6.07) is 10.2. The van der Waals surface area contributed by atoms with Crippen LogP contribution in [0.3, 0.4) is 0 Å². The second-order valence-corrected chi connectivity index (χ2v) is 11.3. The van der Waals surface area contributed by atoms with Crippen molar-refractivity contribution >= 4 is 16.8 Å². The Bertz CT molecular complexity index is 972. The molecular formula is C29H41N3O2. The summed E-state index contributed by atoms with van der Waals surface area (Å²) in [5.74, 6) is 1.74. The van der Waals surface area contributed by atoms with E-state index in [1.807, 2.05) is 0 Å². The molecule has 2 saturated heterocycles. The van der Waals surface area contributed by atoms with Gasteiger partial charge in [-0.3, -0.25) is 4.79 Å². The molecule has 5 nitrogen and oxygen atoms in total. The molecule has 0 unspecified atom stereocenters. The predicted molar refractivity (Wildman–Crippen MR) is 136 cm³/mol. The summed E-state index contributed by atoms with van der Waals surface area (Å²) in [7, 11) is 0. The van der Waals surface area contributed by atoms with E-state index in [0.717, 1.165) is 63.4 Å². The number of hydrogen-bond acceptors (Lipinski definition) is 3. The molecular weight excluding hydrogens is 422 g/mol. The number of amides is 1. The Kier molecular flexibility index (Phi) is 6.56. The van der Waals surface area contributed by atoms with Gasteiger partial charge in [-0.1, -0.05) is 25.7 Å². The molecule has 4 fully saturated rings. The lowest BCUT2D eigenvalue weighted by Crippen LogP contribution is -2.43. The molecule has 0 atom stereocenters. The van der Waals surface area contributed by atoms with Crippen molar-refractivity contribution in [3.8, 4) is 5.75 Å². The fourth-order valence-electron chi connectivity index (χ4n) is 7.15. The highest BCUT2D eigenvalue weighted by molar-refractivity contribution is 5.82. The van der Waals surface area contributed by atoms with Gasteiger partial charge in [0.05, 0.1) is 0 Å². The average molecular weight is 464 g/mol. The van der Waals surface area contributed by atoms with Crippen molar-refractivity contribution in [2.45, 2.75) is 95.2 Å². The lowest BCUT2D eigenvalue weighted by Gasteiger charge is -2.36. The van der Waals surface area contributed by atoms with Gasteiger partial charge in [-0.05, 0) is 75.6 Å². The summed E-state index contributed by atoms with van der Waals surface area (Å²) in [6.07, 6.45) is 17.3. The largest absolute Gasteiger partial charge is 0.490 e. The molecule has 184 valence electrons. The van der Waals surface area contributed by atoms with Gasteiger partial charge in [0, 0.05) is 61.3 Å². The van der Waals surface area contributed by atoms with Crippen molar-refractivity contribution < 1.29 is 9.53 Å². The Hall–Kier alpha value is -2.01. The Morgan fingerprint density at radius 2 is 1.47 bits per heavy atom. The van der Waals surface area contributed by atoms with Crippen LogP contribution in [-0.4, -0.2) is 58.6 Å². The van der Waals surface area contributed by atoms with Crippen LogP contribution in [0.4, 0.5) is 0 Å². The first kappa shape index (κ1) is 22.5. The quantitative estimate of drug-likeness (QED) is 0.564. The molecule has 1 aromatic heterocycles. The summed E-state index contributed by atoms with van der Waals surface area (Å²) >= 11 is 0. The van der Waals surface area contributed by atoms with Crippen molar-refractivity contribution in [2.75, 3.05) is 26.2 Å². The molecule has 0 radical (unpaired) electrons. The molecule has 0 spiro atoms. The minimum absolute atomic E-state index is 0.303. The van der Waals surface area contributed by atoms with Gasteiger partial charge >= 0.3 is 0 Å². The normalized spacial score (nSPS) is 24.4. The van der Waals surface area contributed by atoms with Crippen LogP contribution in [0.5, 0.6) is 5.75 Å². The maximum Gasteiger partial charge on any atom is 0.225 e. The summed E-state index contributed by atoms with van der Waals surface area (Å²) in [5.41, 5.74) is 1.30. The van der Waals surface area contributed by atoms with Gasteiger partial charge in [-0.15, -0.1) is 0 Å². The third-order valence-corrected chi connectivity index (χ3v) is 9.19. The van der Waals surface area contributed by atoms with E-state index in [0.29, 0.717) is 24.0 Å². The first-order valence-corrected chi connectivity index (χ1v) is 14.0. The van der Waals surface area contributed by atoms with E-state index in [-0.39, 0.29) is 0 Å². The monoisotopic (exact) mass is 463 g/mol. The molecule has 1 aromatic carbocycles. The highest BCUT2D eigenvalue weighted by Gasteiger charge is 2.31. The van der Waals surface area contributed by atoms with Crippen molar-refractivity contribution in [2.24, 2.45) is 5.92 Å². The third kappa shape index (κ3) is 4.60. The molecule has 34 heavy (non-hydrogen) atoms. The Morgan fingerprint density at radius 3 is 2.21 bits per heavy atom. The highest BCUT2D eigenvalue weighted by atomic mass is 16.5. The van der Waals surface area contributed by atoms with E-state index < -0.39 is 0 Å². The number of nitrogens with zero attached hydrogens (tertiary/aromatic N) is 3. The van der Waals surface area contributed by atoms with Gasteiger partial charge in [0.25, 0.3) is 0 Å². The summed E-state index contributed by atoms with van der Waals surface area (Å²) in [4.78, 5) is 17.6. The van der Waals surface area contributed by atoms with Crippen LogP contribution in [0.2, 0.25) is 0 Å². The Morgan fingerprint density at radius 1 is 0.765 bits per heavy atom. The molecule has 1 amide bonds. The lowest BCUT2D eigenvalue weighted by atomic mass is 10.0. The SMILES string of the molecule is O=C(C1CCCC1)N1CCC(n2ccc3cc(OC4CCN(C5CCCC5)CC4)ccc32)CC1. The second-order valence-electron chi connectivity index (χ2n) is 11.3. The lowest BCUT2D eigenvalue weighted by molar-refractivity contribution is -0.136. The molecule has 6 rings (SSSR count). The smallest absolute Gasteiger partial charge is 0.225 e. The molecule has 3 heterocycles. The van der Waals surface area contributed by atoms with Gasteiger partial charge < -0.3 is 19.1 Å². The number of carbonyl (C=O) groups excluding carboxylic acids is 1. The number of rotatable bonds is 5. The Labute approximate surface area is 204 Å². The second kappa shape index (κ2) is 9.93. The number of aromatic nitrogens is 1. The van der Waals surface area contributed by atoms with Crippen LogP contribution < -0.4 is 4.74 Å². The van der Waals surface area contributed by atoms with Crippen molar-refractivity contribution in [3.63, 3.8) is 0 Å². The molecule has 2 aliphatic heterocycles. The number of likely N-dealkylation sites (tertiary alicyclic amines) is 2. The number of ether oxygens (including phenoxy) is 1. The van der Waals surface area contributed by atoms with Crippen molar-refractivity contribution in [1.29, 1.82) is 0 Å². The standard InChI is InChI=1S/C29H41N3O2/c33-29(22-5-1-2-6-22)31-16-12-25(13-17-31)32-20-11-23-21-27(9-10-28(23)32)34-26-14-18-30(19-15-26)24-7-3-4-8-24/h9-11,20-22,24-26H,1-8,12-19H2.